The van der Waals surface area contributed by atoms with E-state index < -0.39 is 67.9 Å². The molecule has 0 N–H and O–H groups in total. The van der Waals surface area contributed by atoms with Crippen LogP contribution in [0.25, 0.3) is 11.0 Å². The number of halogens is 3. The average molecular weight is 750 g/mol. The predicted octanol–water partition coefficient (Wildman–Crippen LogP) is 5.47. The fraction of sp³-hybridized carbons (Fsp3) is 0.242. The third kappa shape index (κ3) is 8.12. The lowest BCUT2D eigenvalue weighted by atomic mass is 10.1. The zero-order valence-corrected chi connectivity index (χ0v) is 29.2. The number of rotatable bonds is 12. The molecule has 0 saturated carbocycles. The molecule has 0 aliphatic carbocycles. The van der Waals surface area contributed by atoms with E-state index in [1.165, 1.54) is 62.5 Å². The fourth-order valence-electron chi connectivity index (χ4n) is 4.86. The molecule has 11 nitrogen and oxygen atoms in total. The van der Waals surface area contributed by atoms with Gasteiger partial charge in [0.2, 0.25) is 0 Å². The molecule has 0 amide bonds. The maximum atomic E-state index is 14.3. The van der Waals surface area contributed by atoms with Crippen LogP contribution < -0.4 is 4.74 Å². The lowest BCUT2D eigenvalue weighted by Gasteiger charge is -2.16. The molecule has 17 heteroatoms. The van der Waals surface area contributed by atoms with E-state index in [2.05, 4.69) is 9.97 Å². The van der Waals surface area contributed by atoms with E-state index in [-0.39, 0.29) is 54.1 Å². The highest BCUT2D eigenvalue weighted by molar-refractivity contribution is 7.93. The average Bonchev–Trinajstić information content (AvgIpc) is 3.46. The van der Waals surface area contributed by atoms with Gasteiger partial charge >= 0.3 is 17.3 Å². The SMILES string of the molecule is Cc1ccc(S(=O)(=O)CCOC(=O)c2ccc(C)c(S(=O)(=O)n3c([S+]([O-])Cc4nccc(OCC(F)(F)F)c4C)nc4ccccc43)c2)cc1. The third-order valence-corrected chi connectivity index (χ3v) is 12.4. The number of nitrogens with zero attached hydrogens (tertiary/aromatic N) is 3. The Morgan fingerprint density at radius 2 is 1.66 bits per heavy atom. The van der Waals surface area contributed by atoms with Crippen molar-refractivity contribution >= 4 is 48.0 Å². The molecule has 5 aromatic rings. The molecule has 3 aromatic carbocycles. The molecule has 5 rings (SSSR count). The Balaban J connectivity index is 1.43. The summed E-state index contributed by atoms with van der Waals surface area (Å²) in [6.07, 6.45) is -3.40. The van der Waals surface area contributed by atoms with Crippen molar-refractivity contribution in [3.63, 3.8) is 0 Å². The van der Waals surface area contributed by atoms with Crippen LogP contribution in [-0.2, 0) is 41.5 Å². The van der Waals surface area contributed by atoms with Gasteiger partial charge in [0, 0.05) is 22.9 Å². The minimum Gasteiger partial charge on any atom is -0.609 e. The number of esters is 1. The van der Waals surface area contributed by atoms with Gasteiger partial charge in [-0.2, -0.15) is 22.1 Å². The van der Waals surface area contributed by atoms with Crippen molar-refractivity contribution in [2.45, 2.75) is 47.6 Å². The predicted molar refractivity (Wildman–Crippen MR) is 178 cm³/mol. The maximum Gasteiger partial charge on any atom is 0.422 e. The Kier molecular flexibility index (Phi) is 10.6. The number of alkyl halides is 3. The summed E-state index contributed by atoms with van der Waals surface area (Å²) in [5.41, 5.74) is 1.48. The molecule has 0 bridgehead atoms. The van der Waals surface area contributed by atoms with E-state index in [4.69, 9.17) is 9.47 Å². The number of carbonyl (C=O) groups is 1. The summed E-state index contributed by atoms with van der Waals surface area (Å²) < 4.78 is 117. The molecule has 0 fully saturated rings. The number of fused-ring (bicyclic) bond motifs is 1. The van der Waals surface area contributed by atoms with Crippen LogP contribution in [0.3, 0.4) is 0 Å². The van der Waals surface area contributed by atoms with E-state index in [0.29, 0.717) is 0 Å². The number of hydrogen-bond acceptors (Lipinski definition) is 10. The molecule has 2 aromatic heterocycles. The summed E-state index contributed by atoms with van der Waals surface area (Å²) in [7, 11) is -8.38. The maximum absolute atomic E-state index is 14.3. The van der Waals surface area contributed by atoms with E-state index >= 15 is 0 Å². The van der Waals surface area contributed by atoms with Crippen LogP contribution in [0, 0.1) is 20.8 Å². The summed E-state index contributed by atoms with van der Waals surface area (Å²) in [5.74, 6) is -2.00. The molecule has 0 radical (unpaired) electrons. The summed E-state index contributed by atoms with van der Waals surface area (Å²) >= 11 is -2.21. The van der Waals surface area contributed by atoms with E-state index in [9.17, 15) is 39.4 Å². The molecule has 264 valence electrons. The van der Waals surface area contributed by atoms with Gasteiger partial charge in [-0.3, -0.25) is 4.98 Å². The van der Waals surface area contributed by atoms with E-state index in [0.717, 1.165) is 15.6 Å². The van der Waals surface area contributed by atoms with Crippen LogP contribution in [0.2, 0.25) is 0 Å². The molecule has 1 unspecified atom stereocenters. The highest BCUT2D eigenvalue weighted by Gasteiger charge is 2.34. The number of ether oxygens (including phenoxy) is 2. The summed E-state index contributed by atoms with van der Waals surface area (Å²) in [4.78, 5) is 21.2. The Labute approximate surface area is 289 Å². The van der Waals surface area contributed by atoms with Crippen molar-refractivity contribution in [3.05, 3.63) is 107 Å². The monoisotopic (exact) mass is 749 g/mol. The first-order valence-corrected chi connectivity index (χ1v) is 19.2. The summed E-state index contributed by atoms with van der Waals surface area (Å²) in [6.45, 7) is 2.71. The largest absolute Gasteiger partial charge is 0.609 e. The van der Waals surface area contributed by atoms with E-state index in [1.807, 2.05) is 6.92 Å². The van der Waals surface area contributed by atoms with Crippen LogP contribution in [0.5, 0.6) is 5.75 Å². The van der Waals surface area contributed by atoms with Gasteiger partial charge in [0.25, 0.3) is 10.0 Å². The van der Waals surface area contributed by atoms with Crippen molar-refractivity contribution in [2.24, 2.45) is 0 Å². The van der Waals surface area contributed by atoms with Gasteiger partial charge in [-0.1, -0.05) is 35.9 Å². The summed E-state index contributed by atoms with van der Waals surface area (Å²) in [5, 5.41) is -0.386. The number of benzene rings is 3. The van der Waals surface area contributed by atoms with Gasteiger partial charge in [0.05, 0.1) is 37.8 Å². The zero-order chi connectivity index (χ0) is 36.4. The number of pyridine rings is 1. The smallest absolute Gasteiger partial charge is 0.422 e. The first kappa shape index (κ1) is 36.8. The van der Waals surface area contributed by atoms with Crippen LogP contribution in [-0.4, -0.2) is 66.4 Å². The molecule has 2 heterocycles. The lowest BCUT2D eigenvalue weighted by molar-refractivity contribution is -0.153. The molecule has 1 atom stereocenters. The highest BCUT2D eigenvalue weighted by Crippen LogP contribution is 2.31. The number of hydrogen-bond donors (Lipinski definition) is 0. The number of sulfone groups is 1. The second kappa shape index (κ2) is 14.4. The number of carbonyl (C=O) groups excluding carboxylic acids is 1. The van der Waals surface area contributed by atoms with Crippen molar-refractivity contribution in [1.82, 2.24) is 13.9 Å². The lowest BCUT2D eigenvalue weighted by Crippen LogP contribution is -2.22. The molecule has 0 aliphatic rings. The third-order valence-electron chi connectivity index (χ3n) is 7.52. The van der Waals surface area contributed by atoms with Crippen molar-refractivity contribution < 1.29 is 48.8 Å². The van der Waals surface area contributed by atoms with Crippen LogP contribution >= 0.6 is 0 Å². The number of imidazole rings is 1. The Morgan fingerprint density at radius 3 is 2.36 bits per heavy atom. The number of para-hydroxylation sites is 2. The first-order valence-electron chi connectivity index (χ1n) is 14.8. The molecule has 0 saturated heterocycles. The molecular formula is C33H30F3N3O8S3. The van der Waals surface area contributed by atoms with Gasteiger partial charge in [-0.15, -0.1) is 0 Å². The first-order chi connectivity index (χ1) is 23.5. The van der Waals surface area contributed by atoms with Gasteiger partial charge < -0.3 is 14.0 Å². The summed E-state index contributed by atoms with van der Waals surface area (Å²) in [6, 6.07) is 17.3. The van der Waals surface area contributed by atoms with Crippen LogP contribution in [0.1, 0.15) is 32.7 Å². The molecule has 0 spiro atoms. The van der Waals surface area contributed by atoms with Crippen LogP contribution in [0.4, 0.5) is 13.2 Å². The quantitative estimate of drug-likeness (QED) is 0.118. The van der Waals surface area contributed by atoms with Gasteiger partial charge in [0.1, 0.15) is 12.4 Å². The van der Waals surface area contributed by atoms with Gasteiger partial charge in [-0.25, -0.2) is 21.6 Å². The normalized spacial score (nSPS) is 12.9. The number of aromatic nitrogens is 3. The van der Waals surface area contributed by atoms with Crippen molar-refractivity contribution in [2.75, 3.05) is 19.0 Å². The Hall–Kier alpha value is -4.45. The fourth-order valence-corrected chi connectivity index (χ4v) is 9.25. The zero-order valence-electron chi connectivity index (χ0n) is 26.8. The van der Waals surface area contributed by atoms with Crippen molar-refractivity contribution in [3.8, 4) is 5.75 Å². The molecule has 0 aliphatic heterocycles. The Morgan fingerprint density at radius 1 is 0.960 bits per heavy atom. The second-order valence-corrected chi connectivity index (χ2v) is 16.4. The van der Waals surface area contributed by atoms with Gasteiger partial charge in [0.15, 0.2) is 22.2 Å². The minimum atomic E-state index is -4.62. The van der Waals surface area contributed by atoms with E-state index in [1.54, 1.807) is 24.3 Å². The second-order valence-electron chi connectivity index (χ2n) is 11.2. The highest BCUT2D eigenvalue weighted by atomic mass is 32.2. The molecular weight excluding hydrogens is 720 g/mol. The van der Waals surface area contributed by atoms with Crippen molar-refractivity contribution in [1.29, 1.82) is 0 Å². The van der Waals surface area contributed by atoms with Crippen LogP contribution in [0.15, 0.2) is 93.9 Å². The number of aryl methyl sites for hydroxylation is 2. The van der Waals surface area contributed by atoms with Gasteiger partial charge in [-0.05, 0) is 68.8 Å². The standard InChI is InChI=1S/C33H30F3N3O8S3/c1-21-8-12-25(13-9-21)49(42,43)17-16-46-31(40)24-11-10-22(2)30(18-24)50(44,45)39-28-7-5-4-6-26(28)38-32(39)48(41)19-27-23(3)29(14-15-37-27)47-20-33(34,35)36/h4-15,18H,16-17,19-20H2,1-3H3. The minimum absolute atomic E-state index is 0.0667. The topological polar surface area (TPSA) is 158 Å². The Bertz CT molecular complexity index is 2280. The molecule has 50 heavy (non-hydrogen) atoms.